The van der Waals surface area contributed by atoms with Crippen molar-refractivity contribution in [1.29, 1.82) is 0 Å². The fourth-order valence-electron chi connectivity index (χ4n) is 5.13. The van der Waals surface area contributed by atoms with Crippen LogP contribution >= 0.6 is 23.5 Å². The Kier molecular flexibility index (Phi) is 10.4. The van der Waals surface area contributed by atoms with Gasteiger partial charge in [0.2, 0.25) is 18.1 Å². The number of rotatable bonds is 8. The Balaban J connectivity index is 1.46. The van der Waals surface area contributed by atoms with Crippen LogP contribution in [0.3, 0.4) is 0 Å². The van der Waals surface area contributed by atoms with Crippen LogP contribution in [-0.2, 0) is 35.1 Å². The van der Waals surface area contributed by atoms with Crippen LogP contribution in [0.25, 0.3) is 0 Å². The zero-order chi connectivity index (χ0) is 29.0. The summed E-state index contributed by atoms with van der Waals surface area (Å²) >= 11 is 2.89. The molecule has 40 heavy (non-hydrogen) atoms. The summed E-state index contributed by atoms with van der Waals surface area (Å²) in [7, 11) is 0. The quantitative estimate of drug-likeness (QED) is 0.247. The number of aliphatic hydroxyl groups excluding tert-OH is 3. The summed E-state index contributed by atoms with van der Waals surface area (Å²) in [6, 6.07) is 7.64. The van der Waals surface area contributed by atoms with Crippen LogP contribution in [-0.4, -0.2) is 115 Å². The number of benzene rings is 1. The minimum Gasteiger partial charge on any atom is -0.479 e. The molecule has 12 nitrogen and oxygen atoms in total. The monoisotopic (exact) mass is 598 g/mol. The molecule has 220 valence electrons. The molecule has 0 radical (unpaired) electrons. The Morgan fingerprint density at radius 1 is 1.12 bits per heavy atom. The Bertz CT molecular complexity index is 1080. The first kappa shape index (κ1) is 30.6. The van der Waals surface area contributed by atoms with E-state index in [-0.39, 0.29) is 17.7 Å². The van der Waals surface area contributed by atoms with Crippen LogP contribution < -0.4 is 5.32 Å². The topological polar surface area (TPSA) is 183 Å². The fraction of sp³-hybridized carbons (Fsp3) is 0.615. The molecule has 2 amide bonds. The summed E-state index contributed by atoms with van der Waals surface area (Å²) in [4.78, 5) is 53.0. The molecular formula is C26H34N2O10S2. The lowest BCUT2D eigenvalue weighted by molar-refractivity contribution is -0.287. The van der Waals surface area contributed by atoms with Crippen LogP contribution in [0.2, 0.25) is 0 Å². The molecule has 0 unspecified atom stereocenters. The third-order valence-corrected chi connectivity index (χ3v) is 9.59. The molecule has 3 aliphatic rings. The number of piperidine rings is 1. The Morgan fingerprint density at radius 3 is 2.52 bits per heavy atom. The molecule has 3 heterocycles. The van der Waals surface area contributed by atoms with E-state index >= 15 is 0 Å². The first-order valence-corrected chi connectivity index (χ1v) is 15.4. The number of ether oxygens (including phenoxy) is 2. The Labute approximate surface area is 239 Å². The van der Waals surface area contributed by atoms with Crippen molar-refractivity contribution < 1.29 is 49.1 Å². The zero-order valence-corrected chi connectivity index (χ0v) is 23.5. The Hall–Kier alpha value is -2.36. The summed E-state index contributed by atoms with van der Waals surface area (Å²) in [5.41, 5.74) is 0.994. The van der Waals surface area contributed by atoms with E-state index in [2.05, 4.69) is 5.32 Å². The van der Waals surface area contributed by atoms with E-state index in [4.69, 9.17) is 9.47 Å². The smallest absolute Gasteiger partial charge is 0.335 e. The highest BCUT2D eigenvalue weighted by molar-refractivity contribution is 8.00. The number of thioether (sulfide) groups is 2. The van der Waals surface area contributed by atoms with Crippen LogP contribution in [0.5, 0.6) is 0 Å². The number of carboxylic acid groups (broad SMARTS) is 1. The van der Waals surface area contributed by atoms with Gasteiger partial charge in [-0.15, -0.1) is 11.8 Å². The summed E-state index contributed by atoms with van der Waals surface area (Å²) in [5, 5.41) is 41.6. The molecule has 9 atom stereocenters. The maximum absolute atomic E-state index is 13.7. The predicted octanol–water partition coefficient (Wildman–Crippen LogP) is -0.275. The standard InChI is InChI=1S/C26H34N2O10S2/c1-39-16(12-13-6-3-2-4-7-13)22(32)27-14-10-11-40-17-9-5-8-15(28(17)23(14)33)25(36)38-26-20(31)18(29)19(30)21(37-26)24(34)35/h2-4,6-7,14-21,26,29-31H,5,8-12H2,1H3,(H,27,32)(H,34,35)/t14-,15-,16-,17-,18-,19-,20+,21-,26-/m0/s1. The SMILES string of the molecule is CS[C@@H](Cc1ccccc1)C(=O)N[C@H]1CCS[C@H]2CCC[C@@H](C(=O)O[C@@H]3O[C@H](C(=O)O)[C@@H](O)[C@H](O)[C@H]3O)N2C1=O. The van der Waals surface area contributed by atoms with Crippen LogP contribution in [0.4, 0.5) is 0 Å². The van der Waals surface area contributed by atoms with Gasteiger partial charge in [0.15, 0.2) is 6.10 Å². The maximum Gasteiger partial charge on any atom is 0.335 e. The van der Waals surface area contributed by atoms with Crippen molar-refractivity contribution in [3.05, 3.63) is 35.9 Å². The summed E-state index contributed by atoms with van der Waals surface area (Å²) in [6.45, 7) is 0. The third kappa shape index (κ3) is 6.74. The summed E-state index contributed by atoms with van der Waals surface area (Å²) in [5.74, 6) is -2.66. The average molecular weight is 599 g/mol. The van der Waals surface area contributed by atoms with Crippen molar-refractivity contribution in [2.45, 2.75) is 85.5 Å². The summed E-state index contributed by atoms with van der Waals surface area (Å²) < 4.78 is 10.4. The molecule has 4 rings (SSSR count). The van der Waals surface area contributed by atoms with E-state index in [1.165, 1.54) is 28.4 Å². The number of hydrogen-bond acceptors (Lipinski definition) is 11. The predicted molar refractivity (Wildman–Crippen MR) is 145 cm³/mol. The second-order valence-electron chi connectivity index (χ2n) is 9.95. The number of carbonyl (C=O) groups excluding carboxylic acids is 3. The molecule has 1 aromatic rings. The number of carboxylic acids is 1. The molecule has 5 N–H and O–H groups in total. The van der Waals surface area contributed by atoms with Crippen LogP contribution in [0.1, 0.15) is 31.2 Å². The highest BCUT2D eigenvalue weighted by Crippen LogP contribution is 2.35. The first-order chi connectivity index (χ1) is 19.1. The van der Waals surface area contributed by atoms with Gasteiger partial charge in [0.25, 0.3) is 0 Å². The number of hydrogen-bond donors (Lipinski definition) is 5. The molecule has 3 fully saturated rings. The number of amides is 2. The highest BCUT2D eigenvalue weighted by atomic mass is 32.2. The number of aliphatic hydroxyl groups is 3. The number of nitrogens with zero attached hydrogens (tertiary/aromatic N) is 1. The molecular weight excluding hydrogens is 564 g/mol. The normalized spacial score (nSPS) is 33.3. The minimum atomic E-state index is -1.93. The van der Waals surface area contributed by atoms with E-state index in [1.54, 1.807) is 0 Å². The number of fused-ring (bicyclic) bond motifs is 1. The molecule has 0 aliphatic carbocycles. The number of aliphatic carboxylic acids is 1. The van der Waals surface area contributed by atoms with Crippen molar-refractivity contribution in [3.63, 3.8) is 0 Å². The lowest BCUT2D eigenvalue weighted by atomic mass is 9.98. The van der Waals surface area contributed by atoms with E-state index < -0.39 is 65.9 Å². The van der Waals surface area contributed by atoms with Gasteiger partial charge in [0, 0.05) is 0 Å². The van der Waals surface area contributed by atoms with Crippen molar-refractivity contribution in [2.24, 2.45) is 0 Å². The molecule has 0 bridgehead atoms. The average Bonchev–Trinajstić information content (AvgIpc) is 3.10. The maximum atomic E-state index is 13.7. The van der Waals surface area contributed by atoms with Gasteiger partial charge < -0.3 is 40.1 Å². The molecule has 0 aromatic heterocycles. The third-order valence-electron chi connectivity index (χ3n) is 7.32. The van der Waals surface area contributed by atoms with Crippen molar-refractivity contribution in [2.75, 3.05) is 12.0 Å². The lowest BCUT2D eigenvalue weighted by Gasteiger charge is -2.42. The second-order valence-corrected chi connectivity index (χ2v) is 12.3. The van der Waals surface area contributed by atoms with Gasteiger partial charge in [-0.1, -0.05) is 30.3 Å². The second kappa shape index (κ2) is 13.5. The zero-order valence-electron chi connectivity index (χ0n) is 21.8. The van der Waals surface area contributed by atoms with Crippen LogP contribution in [0.15, 0.2) is 30.3 Å². The van der Waals surface area contributed by atoms with Gasteiger partial charge in [-0.05, 0) is 49.7 Å². The van der Waals surface area contributed by atoms with Gasteiger partial charge in [-0.25, -0.2) is 9.59 Å². The lowest BCUT2D eigenvalue weighted by Crippen LogP contribution is -2.62. The molecule has 3 saturated heterocycles. The highest BCUT2D eigenvalue weighted by Gasteiger charge is 2.50. The molecule has 1 aromatic carbocycles. The van der Waals surface area contributed by atoms with Gasteiger partial charge in [0.1, 0.15) is 30.4 Å². The Morgan fingerprint density at radius 2 is 1.85 bits per heavy atom. The fourth-order valence-corrected chi connectivity index (χ4v) is 7.16. The van der Waals surface area contributed by atoms with E-state index in [0.717, 1.165) is 5.56 Å². The van der Waals surface area contributed by atoms with Gasteiger partial charge >= 0.3 is 11.9 Å². The van der Waals surface area contributed by atoms with Crippen molar-refractivity contribution >= 4 is 47.3 Å². The van der Waals surface area contributed by atoms with Gasteiger partial charge in [0.05, 0.1) is 10.6 Å². The first-order valence-electron chi connectivity index (χ1n) is 13.1. The number of nitrogens with one attached hydrogen (secondary N) is 1. The molecule has 3 aliphatic heterocycles. The van der Waals surface area contributed by atoms with Gasteiger partial charge in [-0.3, -0.25) is 9.59 Å². The van der Waals surface area contributed by atoms with E-state index in [0.29, 0.717) is 31.4 Å². The number of esters is 1. The van der Waals surface area contributed by atoms with E-state index in [9.17, 15) is 39.6 Å². The van der Waals surface area contributed by atoms with E-state index in [1.807, 2.05) is 36.6 Å². The number of carbonyl (C=O) groups is 4. The molecule has 14 heteroatoms. The van der Waals surface area contributed by atoms with Crippen molar-refractivity contribution in [3.8, 4) is 0 Å². The van der Waals surface area contributed by atoms with Crippen LogP contribution in [0, 0.1) is 0 Å². The molecule has 0 spiro atoms. The minimum absolute atomic E-state index is 0.250. The van der Waals surface area contributed by atoms with Crippen molar-refractivity contribution in [1.82, 2.24) is 10.2 Å². The molecule has 0 saturated carbocycles. The largest absolute Gasteiger partial charge is 0.479 e. The van der Waals surface area contributed by atoms with Gasteiger partial charge in [-0.2, -0.15) is 11.8 Å². The summed E-state index contributed by atoms with van der Waals surface area (Å²) in [6.07, 6.45) is -5.35.